The molecule has 2 rings (SSSR count). The molecule has 2 N–H and O–H groups in total. The van der Waals surface area contributed by atoms with Crippen molar-refractivity contribution in [2.24, 2.45) is 5.92 Å². The summed E-state index contributed by atoms with van der Waals surface area (Å²) in [7, 11) is 0. The monoisotopic (exact) mass is 291 g/mol. The summed E-state index contributed by atoms with van der Waals surface area (Å²) in [6, 6.07) is 4.56. The lowest BCUT2D eigenvalue weighted by Gasteiger charge is -2.32. The van der Waals surface area contributed by atoms with Gasteiger partial charge >= 0.3 is 0 Å². The molecule has 1 saturated carbocycles. The summed E-state index contributed by atoms with van der Waals surface area (Å²) in [5.41, 5.74) is 6.60. The molecule has 1 fully saturated rings. The van der Waals surface area contributed by atoms with Gasteiger partial charge in [-0.2, -0.15) is 4.98 Å². The Morgan fingerprint density at radius 2 is 1.90 bits per heavy atom. The number of nitrogen functional groups attached to an aromatic ring is 1. The molecule has 4 heteroatoms. The number of hydrogen-bond donors (Lipinski definition) is 1. The van der Waals surface area contributed by atoms with E-state index in [1.807, 2.05) is 26.0 Å². The fourth-order valence-electron chi connectivity index (χ4n) is 2.96. The van der Waals surface area contributed by atoms with Gasteiger partial charge < -0.3 is 15.4 Å². The first-order valence-electron chi connectivity index (χ1n) is 8.17. The standard InChI is InChI=1S/C17H29N3O/c1-12(2)11-20(14-7-5-6-8-14)16-10-9-15(18)17(19-16)21-13(3)4/h9-10,12-14H,5-8,11,18H2,1-4H3. The Kier molecular flexibility index (Phi) is 5.32. The topological polar surface area (TPSA) is 51.4 Å². The van der Waals surface area contributed by atoms with Crippen LogP contribution in [-0.2, 0) is 0 Å². The lowest BCUT2D eigenvalue weighted by Crippen LogP contribution is -2.37. The van der Waals surface area contributed by atoms with Gasteiger partial charge in [-0.25, -0.2) is 0 Å². The Morgan fingerprint density at radius 3 is 2.48 bits per heavy atom. The zero-order valence-corrected chi connectivity index (χ0v) is 13.8. The molecule has 0 atom stereocenters. The van der Waals surface area contributed by atoms with Crippen LogP contribution in [0.5, 0.6) is 5.88 Å². The van der Waals surface area contributed by atoms with Crippen molar-refractivity contribution in [1.29, 1.82) is 0 Å². The molecular weight excluding hydrogens is 262 g/mol. The number of hydrogen-bond acceptors (Lipinski definition) is 4. The van der Waals surface area contributed by atoms with Gasteiger partial charge in [0, 0.05) is 12.6 Å². The minimum Gasteiger partial charge on any atom is -0.473 e. The Labute approximate surface area is 128 Å². The van der Waals surface area contributed by atoms with Gasteiger partial charge in [-0.1, -0.05) is 26.7 Å². The van der Waals surface area contributed by atoms with Crippen molar-refractivity contribution in [3.8, 4) is 5.88 Å². The lowest BCUT2D eigenvalue weighted by molar-refractivity contribution is 0.234. The fraction of sp³-hybridized carbons (Fsp3) is 0.706. The summed E-state index contributed by atoms with van der Waals surface area (Å²) < 4.78 is 5.74. The maximum atomic E-state index is 5.99. The van der Waals surface area contributed by atoms with Gasteiger partial charge in [0.25, 0.3) is 0 Å². The molecule has 1 heterocycles. The Hall–Kier alpha value is -1.45. The van der Waals surface area contributed by atoms with Crippen LogP contribution >= 0.6 is 0 Å². The number of pyridine rings is 1. The number of ether oxygens (including phenoxy) is 1. The third-order valence-electron chi connectivity index (χ3n) is 3.84. The highest BCUT2D eigenvalue weighted by Crippen LogP contribution is 2.31. The van der Waals surface area contributed by atoms with Crippen LogP contribution in [0.4, 0.5) is 11.5 Å². The molecule has 1 aromatic heterocycles. The maximum absolute atomic E-state index is 5.99. The molecule has 0 unspecified atom stereocenters. The minimum atomic E-state index is 0.0834. The third kappa shape index (κ3) is 4.26. The highest BCUT2D eigenvalue weighted by molar-refractivity contribution is 5.55. The zero-order valence-electron chi connectivity index (χ0n) is 13.8. The molecule has 118 valence electrons. The molecule has 0 bridgehead atoms. The van der Waals surface area contributed by atoms with Crippen molar-refractivity contribution >= 4 is 11.5 Å². The molecular formula is C17H29N3O. The first-order valence-corrected chi connectivity index (χ1v) is 8.17. The largest absolute Gasteiger partial charge is 0.473 e. The summed E-state index contributed by atoms with van der Waals surface area (Å²) >= 11 is 0. The van der Waals surface area contributed by atoms with Gasteiger partial charge in [-0.15, -0.1) is 0 Å². The molecule has 0 amide bonds. The van der Waals surface area contributed by atoms with Gasteiger partial charge in [0.1, 0.15) is 5.82 Å². The smallest absolute Gasteiger partial charge is 0.239 e. The van der Waals surface area contributed by atoms with Crippen LogP contribution in [0, 0.1) is 5.92 Å². The number of nitrogens with two attached hydrogens (primary N) is 1. The normalized spacial score (nSPS) is 15.9. The van der Waals surface area contributed by atoms with Gasteiger partial charge in [-0.05, 0) is 44.7 Å². The quantitative estimate of drug-likeness (QED) is 0.864. The van der Waals surface area contributed by atoms with Crippen molar-refractivity contribution in [2.75, 3.05) is 17.2 Å². The second kappa shape index (κ2) is 7.01. The van der Waals surface area contributed by atoms with E-state index in [1.54, 1.807) is 0 Å². The Morgan fingerprint density at radius 1 is 1.24 bits per heavy atom. The third-order valence-corrected chi connectivity index (χ3v) is 3.84. The van der Waals surface area contributed by atoms with E-state index in [9.17, 15) is 0 Å². The average molecular weight is 291 g/mol. The minimum absolute atomic E-state index is 0.0834. The molecule has 21 heavy (non-hydrogen) atoms. The van der Waals surface area contributed by atoms with E-state index < -0.39 is 0 Å². The Bertz CT molecular complexity index is 453. The van der Waals surface area contributed by atoms with Crippen LogP contribution < -0.4 is 15.4 Å². The summed E-state index contributed by atoms with van der Waals surface area (Å²) in [5.74, 6) is 2.18. The van der Waals surface area contributed by atoms with Crippen molar-refractivity contribution < 1.29 is 4.74 Å². The molecule has 0 aromatic carbocycles. The van der Waals surface area contributed by atoms with Gasteiger partial charge in [-0.3, -0.25) is 0 Å². The van der Waals surface area contributed by atoms with E-state index in [0.29, 0.717) is 23.5 Å². The van der Waals surface area contributed by atoms with E-state index in [-0.39, 0.29) is 6.10 Å². The van der Waals surface area contributed by atoms with E-state index in [0.717, 1.165) is 12.4 Å². The van der Waals surface area contributed by atoms with Gasteiger partial charge in [0.05, 0.1) is 11.8 Å². The molecule has 1 aliphatic rings. The second-order valence-electron chi connectivity index (χ2n) is 6.71. The number of rotatable bonds is 6. The van der Waals surface area contributed by atoms with E-state index in [2.05, 4.69) is 23.7 Å². The summed E-state index contributed by atoms with van der Waals surface area (Å²) in [5, 5.41) is 0. The van der Waals surface area contributed by atoms with Crippen LogP contribution in [0.25, 0.3) is 0 Å². The van der Waals surface area contributed by atoms with Crippen LogP contribution in [-0.4, -0.2) is 23.7 Å². The summed E-state index contributed by atoms with van der Waals surface area (Å²) in [6.45, 7) is 9.53. The molecule has 4 nitrogen and oxygen atoms in total. The van der Waals surface area contributed by atoms with Crippen LogP contribution in [0.1, 0.15) is 53.4 Å². The zero-order chi connectivity index (χ0) is 15.4. The number of nitrogens with zero attached hydrogens (tertiary/aromatic N) is 2. The SMILES string of the molecule is CC(C)CN(c1ccc(N)c(OC(C)C)n1)C1CCCC1. The number of aromatic nitrogens is 1. The molecule has 0 saturated heterocycles. The van der Waals surface area contributed by atoms with E-state index in [4.69, 9.17) is 10.5 Å². The number of anilines is 2. The van der Waals surface area contributed by atoms with Crippen molar-refractivity contribution in [3.05, 3.63) is 12.1 Å². The molecule has 1 aromatic rings. The van der Waals surface area contributed by atoms with Gasteiger partial charge in [0.2, 0.25) is 5.88 Å². The summed E-state index contributed by atoms with van der Waals surface area (Å²) in [6.07, 6.45) is 5.26. The second-order valence-corrected chi connectivity index (χ2v) is 6.71. The van der Waals surface area contributed by atoms with E-state index >= 15 is 0 Å². The van der Waals surface area contributed by atoms with Crippen molar-refractivity contribution in [1.82, 2.24) is 4.98 Å². The molecule has 0 aliphatic heterocycles. The highest BCUT2D eigenvalue weighted by atomic mass is 16.5. The van der Waals surface area contributed by atoms with Crippen LogP contribution in [0.15, 0.2) is 12.1 Å². The molecule has 1 aliphatic carbocycles. The Balaban J connectivity index is 2.25. The predicted octanol–water partition coefficient (Wildman–Crippen LogP) is 3.86. The van der Waals surface area contributed by atoms with Crippen molar-refractivity contribution in [2.45, 2.75) is 65.5 Å². The molecule has 0 radical (unpaired) electrons. The maximum Gasteiger partial charge on any atom is 0.239 e. The van der Waals surface area contributed by atoms with E-state index in [1.165, 1.54) is 25.7 Å². The van der Waals surface area contributed by atoms with Crippen LogP contribution in [0.3, 0.4) is 0 Å². The predicted molar refractivity (Wildman–Crippen MR) is 88.9 cm³/mol. The molecule has 0 spiro atoms. The van der Waals surface area contributed by atoms with Gasteiger partial charge in [0.15, 0.2) is 0 Å². The first kappa shape index (κ1) is 15.9. The lowest BCUT2D eigenvalue weighted by atomic mass is 10.1. The van der Waals surface area contributed by atoms with Crippen molar-refractivity contribution in [3.63, 3.8) is 0 Å². The van der Waals surface area contributed by atoms with Crippen LogP contribution in [0.2, 0.25) is 0 Å². The average Bonchev–Trinajstić information content (AvgIpc) is 2.92. The summed E-state index contributed by atoms with van der Waals surface area (Å²) in [4.78, 5) is 7.14. The first-order chi connectivity index (χ1) is 9.97. The highest BCUT2D eigenvalue weighted by Gasteiger charge is 2.25. The fourth-order valence-corrected chi connectivity index (χ4v) is 2.96.